The van der Waals surface area contributed by atoms with Crippen LogP contribution in [0.3, 0.4) is 0 Å². The molecule has 0 saturated heterocycles. The molecule has 0 fully saturated rings. The predicted octanol–water partition coefficient (Wildman–Crippen LogP) is 6.87. The van der Waals surface area contributed by atoms with Crippen molar-refractivity contribution in [2.24, 2.45) is 0 Å². The monoisotopic (exact) mass is 348 g/mol. The lowest BCUT2D eigenvalue weighted by Gasteiger charge is -2.13. The normalized spacial score (nSPS) is 11.5. The summed E-state index contributed by atoms with van der Waals surface area (Å²) >= 11 is 0. The van der Waals surface area contributed by atoms with E-state index in [0.29, 0.717) is 0 Å². The molecule has 2 aromatic heterocycles. The van der Waals surface area contributed by atoms with Gasteiger partial charge in [0, 0.05) is 22.2 Å². The van der Waals surface area contributed by atoms with E-state index >= 15 is 0 Å². The molecule has 0 aliphatic carbocycles. The minimum Gasteiger partial charge on any atom is -0.251 e. The summed E-state index contributed by atoms with van der Waals surface area (Å²) in [5, 5.41) is 2.58. The molecular weight excluding hydrogens is 316 g/mol. The van der Waals surface area contributed by atoms with Crippen LogP contribution in [0.15, 0.2) is 24.3 Å². The fourth-order valence-corrected chi connectivity index (χ4v) is 3.95. The molecule has 0 radical (unpaired) electrons. The van der Waals surface area contributed by atoms with Crippen molar-refractivity contribution in [2.75, 3.05) is 0 Å². The van der Waals surface area contributed by atoms with Crippen LogP contribution in [0.4, 0.5) is 0 Å². The number of unbranched alkanes of at least 4 members (excludes halogenated alkanes) is 4. The van der Waals surface area contributed by atoms with E-state index in [2.05, 4.69) is 52.0 Å². The topological polar surface area (TPSA) is 25.8 Å². The highest BCUT2D eigenvalue weighted by Crippen LogP contribution is 2.30. The number of aryl methyl sites for hydroxylation is 4. The van der Waals surface area contributed by atoms with Crippen LogP contribution in [-0.4, -0.2) is 9.97 Å². The highest BCUT2D eigenvalue weighted by molar-refractivity contribution is 6.05. The number of rotatable bonds is 8. The molecule has 138 valence electrons. The SMILES string of the molecule is CCCCCc1cc(C)nc2c1ccc1c(CCCCC)cc(C)nc12. The number of nitrogens with zero attached hydrogens (tertiary/aromatic N) is 2. The van der Waals surface area contributed by atoms with Crippen LogP contribution in [0.1, 0.15) is 74.9 Å². The number of aromatic nitrogens is 2. The van der Waals surface area contributed by atoms with E-state index < -0.39 is 0 Å². The number of hydrogen-bond donors (Lipinski definition) is 0. The van der Waals surface area contributed by atoms with Gasteiger partial charge in [-0.15, -0.1) is 0 Å². The van der Waals surface area contributed by atoms with Crippen molar-refractivity contribution >= 4 is 21.8 Å². The molecule has 26 heavy (non-hydrogen) atoms. The Morgan fingerprint density at radius 3 is 1.46 bits per heavy atom. The lowest BCUT2D eigenvalue weighted by Crippen LogP contribution is -1.98. The van der Waals surface area contributed by atoms with Crippen LogP contribution in [0, 0.1) is 13.8 Å². The van der Waals surface area contributed by atoms with Crippen molar-refractivity contribution in [1.82, 2.24) is 9.97 Å². The summed E-state index contributed by atoms with van der Waals surface area (Å²) in [4.78, 5) is 9.82. The Morgan fingerprint density at radius 2 is 1.08 bits per heavy atom. The van der Waals surface area contributed by atoms with Crippen LogP contribution in [0.25, 0.3) is 21.8 Å². The minimum absolute atomic E-state index is 1.09. The molecule has 3 rings (SSSR count). The first kappa shape index (κ1) is 18.8. The molecule has 0 aliphatic rings. The molecule has 0 amide bonds. The van der Waals surface area contributed by atoms with E-state index in [-0.39, 0.29) is 0 Å². The van der Waals surface area contributed by atoms with Crippen LogP contribution < -0.4 is 0 Å². The molecule has 0 N–H and O–H groups in total. The third-order valence-corrected chi connectivity index (χ3v) is 5.29. The quantitative estimate of drug-likeness (QED) is 0.328. The van der Waals surface area contributed by atoms with Crippen molar-refractivity contribution in [3.05, 3.63) is 46.8 Å². The highest BCUT2D eigenvalue weighted by atomic mass is 14.8. The zero-order valence-corrected chi connectivity index (χ0v) is 16.9. The molecule has 1 aromatic carbocycles. The molecule has 0 unspecified atom stereocenters. The Bertz CT molecular complexity index is 821. The average Bonchev–Trinajstić information content (AvgIpc) is 2.62. The Kier molecular flexibility index (Phi) is 6.24. The number of pyridine rings is 2. The largest absolute Gasteiger partial charge is 0.251 e. The molecule has 3 aromatic rings. The second-order valence-corrected chi connectivity index (χ2v) is 7.62. The van der Waals surface area contributed by atoms with E-state index in [1.165, 1.54) is 60.4 Å². The molecule has 0 spiro atoms. The maximum absolute atomic E-state index is 4.91. The first-order valence-corrected chi connectivity index (χ1v) is 10.3. The molecule has 0 saturated carbocycles. The van der Waals surface area contributed by atoms with Crippen LogP contribution in [0.2, 0.25) is 0 Å². The fraction of sp³-hybridized carbons (Fsp3) is 0.500. The summed E-state index contributed by atoms with van der Waals surface area (Å²) in [5.74, 6) is 0. The van der Waals surface area contributed by atoms with Gasteiger partial charge in [0.2, 0.25) is 0 Å². The van der Waals surface area contributed by atoms with E-state index in [0.717, 1.165) is 35.3 Å². The molecule has 2 heteroatoms. The lowest BCUT2D eigenvalue weighted by atomic mass is 9.97. The number of hydrogen-bond acceptors (Lipinski definition) is 2. The van der Waals surface area contributed by atoms with Gasteiger partial charge >= 0.3 is 0 Å². The molecule has 0 atom stereocenters. The van der Waals surface area contributed by atoms with Gasteiger partial charge in [-0.25, -0.2) is 0 Å². The van der Waals surface area contributed by atoms with Gasteiger partial charge in [0.05, 0.1) is 11.0 Å². The van der Waals surface area contributed by atoms with Crippen LogP contribution in [-0.2, 0) is 12.8 Å². The van der Waals surface area contributed by atoms with Crippen LogP contribution >= 0.6 is 0 Å². The second kappa shape index (κ2) is 8.62. The first-order valence-electron chi connectivity index (χ1n) is 10.3. The summed E-state index contributed by atoms with van der Waals surface area (Å²) in [6.07, 6.45) is 9.85. The lowest BCUT2D eigenvalue weighted by molar-refractivity contribution is 0.718. The van der Waals surface area contributed by atoms with Gasteiger partial charge in [-0.2, -0.15) is 0 Å². The van der Waals surface area contributed by atoms with Crippen molar-refractivity contribution in [3.8, 4) is 0 Å². The maximum Gasteiger partial charge on any atom is 0.0970 e. The summed E-state index contributed by atoms with van der Waals surface area (Å²) < 4.78 is 0. The molecule has 2 nitrogen and oxygen atoms in total. The Balaban J connectivity index is 2.12. The Morgan fingerprint density at radius 1 is 0.654 bits per heavy atom. The van der Waals surface area contributed by atoms with E-state index in [4.69, 9.17) is 9.97 Å². The van der Waals surface area contributed by atoms with Gasteiger partial charge in [-0.1, -0.05) is 51.7 Å². The maximum atomic E-state index is 4.91. The van der Waals surface area contributed by atoms with Crippen molar-refractivity contribution < 1.29 is 0 Å². The second-order valence-electron chi connectivity index (χ2n) is 7.62. The average molecular weight is 349 g/mol. The summed E-state index contributed by atoms with van der Waals surface area (Å²) in [7, 11) is 0. The van der Waals surface area contributed by atoms with Crippen molar-refractivity contribution in [2.45, 2.75) is 79.1 Å². The van der Waals surface area contributed by atoms with Gasteiger partial charge in [-0.3, -0.25) is 9.97 Å². The van der Waals surface area contributed by atoms with E-state index in [1.54, 1.807) is 0 Å². The smallest absolute Gasteiger partial charge is 0.0970 e. The van der Waals surface area contributed by atoms with Crippen molar-refractivity contribution in [1.29, 1.82) is 0 Å². The Hall–Kier alpha value is -1.96. The fourth-order valence-electron chi connectivity index (χ4n) is 3.95. The summed E-state index contributed by atoms with van der Waals surface area (Å²) in [5.41, 5.74) is 7.25. The standard InChI is InChI=1S/C24H32N2/c1-5-7-9-11-19-15-17(3)25-23-21(19)13-14-22-20(12-10-8-6-2)16-18(4)26-24(22)23/h13-16H,5-12H2,1-4H3. The van der Waals surface area contributed by atoms with E-state index in [1.807, 2.05) is 0 Å². The third-order valence-electron chi connectivity index (χ3n) is 5.29. The van der Waals surface area contributed by atoms with Gasteiger partial charge in [0.25, 0.3) is 0 Å². The number of fused-ring (bicyclic) bond motifs is 3. The molecule has 0 aliphatic heterocycles. The van der Waals surface area contributed by atoms with E-state index in [9.17, 15) is 0 Å². The zero-order valence-electron chi connectivity index (χ0n) is 16.9. The Labute approximate surface area is 158 Å². The van der Waals surface area contributed by atoms with Gasteiger partial charge in [0.1, 0.15) is 0 Å². The summed E-state index contributed by atoms with van der Waals surface area (Å²) in [6, 6.07) is 9.10. The first-order chi connectivity index (χ1) is 12.6. The van der Waals surface area contributed by atoms with Gasteiger partial charge < -0.3 is 0 Å². The van der Waals surface area contributed by atoms with Crippen molar-refractivity contribution in [3.63, 3.8) is 0 Å². The number of benzene rings is 1. The van der Waals surface area contributed by atoms with Crippen LogP contribution in [0.5, 0.6) is 0 Å². The zero-order chi connectivity index (χ0) is 18.5. The molecule has 0 bridgehead atoms. The van der Waals surface area contributed by atoms with Gasteiger partial charge in [0.15, 0.2) is 0 Å². The molecule has 2 heterocycles. The predicted molar refractivity (Wildman–Crippen MR) is 113 cm³/mol. The third kappa shape index (κ3) is 4.06. The minimum atomic E-state index is 1.09. The highest BCUT2D eigenvalue weighted by Gasteiger charge is 2.12. The van der Waals surface area contributed by atoms with Gasteiger partial charge in [-0.05, 0) is 62.8 Å². The summed E-state index contributed by atoms with van der Waals surface area (Å²) in [6.45, 7) is 8.74. The molecular formula is C24H32N2.